The van der Waals surface area contributed by atoms with Gasteiger partial charge in [0.05, 0.1) is 15.3 Å². The van der Waals surface area contributed by atoms with Gasteiger partial charge in [-0.15, -0.1) is 0 Å². The molecule has 0 radical (unpaired) electrons. The quantitative estimate of drug-likeness (QED) is 0.722. The molecule has 1 aliphatic rings. The van der Waals surface area contributed by atoms with Crippen molar-refractivity contribution < 1.29 is 20.3 Å². The van der Waals surface area contributed by atoms with E-state index >= 15 is 0 Å². The van der Waals surface area contributed by atoms with Crippen molar-refractivity contribution in [2.24, 2.45) is 0 Å². The van der Waals surface area contributed by atoms with Gasteiger partial charge in [0.2, 0.25) is 0 Å². The molecule has 2 rings (SSSR count). The fourth-order valence-corrected chi connectivity index (χ4v) is 1.42. The van der Waals surface area contributed by atoms with Crippen LogP contribution in [-0.4, -0.2) is 22.9 Å². The molecule has 1 fully saturated rings. The van der Waals surface area contributed by atoms with Gasteiger partial charge < -0.3 is 13.9 Å². The Labute approximate surface area is 109 Å². The highest BCUT2D eigenvalue weighted by molar-refractivity contribution is 6.62. The molecule has 1 aromatic rings. The molecular weight excluding hydrogens is 201 g/mol. The van der Waals surface area contributed by atoms with Gasteiger partial charge in [-0.1, -0.05) is 0 Å². The summed E-state index contributed by atoms with van der Waals surface area (Å²) in [6, 6.07) is -0.480. The molecule has 0 spiro atoms. The zero-order valence-electron chi connectivity index (χ0n) is 17.8. The van der Waals surface area contributed by atoms with Crippen LogP contribution in [0.1, 0.15) is 45.5 Å². The van der Waals surface area contributed by atoms with Gasteiger partial charge in [0.1, 0.15) is 0 Å². The van der Waals surface area contributed by atoms with Gasteiger partial charge in [0.25, 0.3) is 0 Å². The molecule has 0 atom stereocenters. The van der Waals surface area contributed by atoms with Crippen LogP contribution in [0.25, 0.3) is 0 Å². The summed E-state index contributed by atoms with van der Waals surface area (Å²) in [6.07, 6.45) is -1.31. The fraction of sp³-hybridized carbons (Fsp3) is 0.667. The molecule has 4 heteroatoms. The van der Waals surface area contributed by atoms with Crippen molar-refractivity contribution in [3.63, 3.8) is 0 Å². The first kappa shape index (κ1) is 5.28. The molecule has 0 amide bonds. The largest absolute Gasteiger partial charge is 0.496 e. The van der Waals surface area contributed by atoms with Crippen LogP contribution < -0.4 is 5.46 Å². The van der Waals surface area contributed by atoms with E-state index < -0.39 is 50.1 Å². The van der Waals surface area contributed by atoms with Gasteiger partial charge in [-0.3, -0.25) is 0 Å². The summed E-state index contributed by atoms with van der Waals surface area (Å²) in [5.74, 6) is 0. The first-order chi connectivity index (χ1) is 10.5. The van der Waals surface area contributed by atoms with Crippen LogP contribution in [0, 0.1) is 0 Å². The molecule has 16 heavy (non-hydrogen) atoms. The number of rotatable bonds is 2. The Morgan fingerprint density at radius 2 is 2.06 bits per heavy atom. The van der Waals surface area contributed by atoms with Gasteiger partial charge in [-0.2, -0.15) is 0 Å². The first-order valence-electron chi connectivity index (χ1n) is 9.09. The highest BCUT2D eigenvalue weighted by Gasteiger charge is 2.51. The average Bonchev–Trinajstić information content (AvgIpc) is 2.69. The van der Waals surface area contributed by atoms with Gasteiger partial charge in [0.15, 0.2) is 0 Å². The summed E-state index contributed by atoms with van der Waals surface area (Å²) in [5, 5.41) is 0. The number of aromatic nitrogens is 1. The van der Waals surface area contributed by atoms with Gasteiger partial charge in [-0.25, -0.2) is 0 Å². The summed E-state index contributed by atoms with van der Waals surface area (Å²) in [4.78, 5) is 0. The predicted molar refractivity (Wildman–Crippen MR) is 65.8 cm³/mol. The average molecular weight is 229 g/mol. The second kappa shape index (κ2) is 3.64. The van der Waals surface area contributed by atoms with Crippen molar-refractivity contribution in [2.45, 2.75) is 52.2 Å². The Bertz CT molecular complexity index is 651. The second-order valence-electron chi connectivity index (χ2n) is 4.80. The molecule has 88 valence electrons. The predicted octanol–water partition coefficient (Wildman–Crippen LogP) is 1.81. The van der Waals surface area contributed by atoms with E-state index in [0.29, 0.717) is 4.57 Å². The standard InChI is InChI=1S/C12H20BNO2/c1-6-14-8-7-10(9-14)13-15-11(2,3)12(4,5)16-13/h7-9H,6H2,1-5H3/i1D3,6D2,7D,8D,9D. The van der Waals surface area contributed by atoms with Crippen LogP contribution >= 0.6 is 0 Å². The summed E-state index contributed by atoms with van der Waals surface area (Å²) >= 11 is 0. The zero-order chi connectivity index (χ0) is 18.9. The normalized spacial score (nSPS) is 31.6. The van der Waals surface area contributed by atoms with Crippen molar-refractivity contribution in [2.75, 3.05) is 0 Å². The molecule has 1 aliphatic heterocycles. The maximum absolute atomic E-state index is 8.14. The molecule has 2 heterocycles. The summed E-state index contributed by atoms with van der Waals surface area (Å²) < 4.78 is 73.6. The maximum atomic E-state index is 8.14. The lowest BCUT2D eigenvalue weighted by Crippen LogP contribution is -2.41. The molecule has 0 aliphatic carbocycles. The molecule has 0 unspecified atom stereocenters. The minimum absolute atomic E-state index is 0.147. The van der Waals surface area contributed by atoms with E-state index in [1.807, 2.05) is 0 Å². The number of hydrogen-bond donors (Lipinski definition) is 0. The molecule has 0 N–H and O–H groups in total. The van der Waals surface area contributed by atoms with Gasteiger partial charge >= 0.3 is 7.12 Å². The smallest absolute Gasteiger partial charge is 0.399 e. The Kier molecular flexibility index (Phi) is 1.20. The van der Waals surface area contributed by atoms with E-state index in [2.05, 4.69) is 0 Å². The molecule has 3 nitrogen and oxygen atoms in total. The third kappa shape index (κ3) is 1.80. The minimum atomic E-state index is -3.10. The van der Waals surface area contributed by atoms with Crippen molar-refractivity contribution in [3.05, 3.63) is 18.4 Å². The Morgan fingerprint density at radius 1 is 1.44 bits per heavy atom. The Morgan fingerprint density at radius 3 is 2.62 bits per heavy atom. The third-order valence-corrected chi connectivity index (χ3v) is 3.14. The number of nitrogens with zero attached hydrogens (tertiary/aromatic N) is 1. The lowest BCUT2D eigenvalue weighted by atomic mass is 9.81. The molecule has 0 aromatic carbocycles. The van der Waals surface area contributed by atoms with E-state index in [-0.39, 0.29) is 5.46 Å². The van der Waals surface area contributed by atoms with Crippen LogP contribution in [0.15, 0.2) is 18.4 Å². The summed E-state index contributed by atoms with van der Waals surface area (Å²) in [5.41, 5.74) is -1.64. The van der Waals surface area contributed by atoms with Crippen LogP contribution in [0.4, 0.5) is 0 Å². The Hall–Kier alpha value is -0.735. The lowest BCUT2D eigenvalue weighted by Gasteiger charge is -2.32. The fourth-order valence-electron chi connectivity index (χ4n) is 1.42. The molecular formula is C12H20BNO2. The van der Waals surface area contributed by atoms with Crippen molar-refractivity contribution in [1.82, 2.24) is 4.57 Å². The van der Waals surface area contributed by atoms with Gasteiger partial charge in [-0.05, 0) is 40.6 Å². The Balaban J connectivity index is 2.59. The van der Waals surface area contributed by atoms with Gasteiger partial charge in [0, 0.05) is 31.2 Å². The highest BCUT2D eigenvalue weighted by Crippen LogP contribution is 2.36. The summed E-state index contributed by atoms with van der Waals surface area (Å²) in [7, 11) is -1.15. The summed E-state index contributed by atoms with van der Waals surface area (Å²) in [6.45, 7) is 1.01. The molecule has 1 saturated heterocycles. The van der Waals surface area contributed by atoms with E-state index in [1.165, 1.54) is 0 Å². The monoisotopic (exact) mass is 229 g/mol. The second-order valence-corrected chi connectivity index (χ2v) is 4.80. The third-order valence-electron chi connectivity index (χ3n) is 3.14. The first-order valence-corrected chi connectivity index (χ1v) is 5.09. The van der Waals surface area contributed by atoms with E-state index in [9.17, 15) is 0 Å². The minimum Gasteiger partial charge on any atom is -0.399 e. The lowest BCUT2D eigenvalue weighted by molar-refractivity contribution is 0.00578. The van der Waals surface area contributed by atoms with Crippen molar-refractivity contribution >= 4 is 12.6 Å². The van der Waals surface area contributed by atoms with E-state index in [0.717, 1.165) is 0 Å². The van der Waals surface area contributed by atoms with Crippen LogP contribution in [0.2, 0.25) is 0 Å². The maximum Gasteiger partial charge on any atom is 0.496 e. The SMILES string of the molecule is [2H]c1c(B2OC(C)(C)C(C)(C)O2)c([2H])n(C([2H])([2H])C([2H])([2H])[2H])c1[2H]. The zero-order valence-corrected chi connectivity index (χ0v) is 9.84. The van der Waals surface area contributed by atoms with E-state index in [1.54, 1.807) is 27.7 Å². The van der Waals surface area contributed by atoms with Crippen molar-refractivity contribution in [3.8, 4) is 0 Å². The van der Waals surface area contributed by atoms with E-state index in [4.69, 9.17) is 20.3 Å². The topological polar surface area (TPSA) is 23.4 Å². The van der Waals surface area contributed by atoms with Crippen LogP contribution in [0.5, 0.6) is 0 Å². The highest BCUT2D eigenvalue weighted by atomic mass is 16.7. The number of hydrogen-bond acceptors (Lipinski definition) is 2. The molecule has 1 aromatic heterocycles. The van der Waals surface area contributed by atoms with Crippen LogP contribution in [0.3, 0.4) is 0 Å². The van der Waals surface area contributed by atoms with Crippen LogP contribution in [-0.2, 0) is 15.8 Å². The van der Waals surface area contributed by atoms with Crippen molar-refractivity contribution in [1.29, 1.82) is 0 Å². The molecule has 0 saturated carbocycles. The molecule has 0 bridgehead atoms.